The molecule has 2 heterocycles. The molecule has 6 heteroatoms. The quantitative estimate of drug-likeness (QED) is 0.830. The second kappa shape index (κ2) is 7.90. The average molecular weight is 338 g/mol. The van der Waals surface area contributed by atoms with Gasteiger partial charge in [0.1, 0.15) is 0 Å². The van der Waals surface area contributed by atoms with Gasteiger partial charge in [0.2, 0.25) is 0 Å². The van der Waals surface area contributed by atoms with Gasteiger partial charge in [-0.2, -0.15) is 0 Å². The Morgan fingerprint density at radius 1 is 1.13 bits per heavy atom. The van der Waals surface area contributed by atoms with E-state index in [-0.39, 0.29) is 24.2 Å². The van der Waals surface area contributed by atoms with Gasteiger partial charge in [-0.05, 0) is 51.0 Å². The molecular formula is C17H24ClN3O2. The molecule has 3 rings (SSSR count). The standard InChI is InChI=1S/C17H23N3O2.ClH/c1-19(12-13-6-8-18-9-7-13)10-11-20-16(21)14-4-2-3-5-15(14)17(20)22;/h2-5,13,18H,6-12H2,1H3;1H. The molecule has 0 saturated carbocycles. The summed E-state index contributed by atoms with van der Waals surface area (Å²) in [5.74, 6) is 0.403. The zero-order chi connectivity index (χ0) is 15.5. The number of fused-ring (bicyclic) bond motifs is 1. The van der Waals surface area contributed by atoms with E-state index >= 15 is 0 Å². The Morgan fingerprint density at radius 2 is 1.70 bits per heavy atom. The van der Waals surface area contributed by atoms with E-state index < -0.39 is 0 Å². The van der Waals surface area contributed by atoms with Crippen molar-refractivity contribution in [2.45, 2.75) is 12.8 Å². The van der Waals surface area contributed by atoms with Crippen molar-refractivity contribution < 1.29 is 9.59 Å². The van der Waals surface area contributed by atoms with Gasteiger partial charge < -0.3 is 10.2 Å². The number of nitrogens with zero attached hydrogens (tertiary/aromatic N) is 2. The van der Waals surface area contributed by atoms with Crippen LogP contribution in [0, 0.1) is 5.92 Å². The minimum Gasteiger partial charge on any atom is -0.317 e. The summed E-state index contributed by atoms with van der Waals surface area (Å²) < 4.78 is 0. The molecule has 0 unspecified atom stereocenters. The summed E-state index contributed by atoms with van der Waals surface area (Å²) in [5, 5.41) is 3.37. The summed E-state index contributed by atoms with van der Waals surface area (Å²) in [6.45, 7) is 4.42. The average Bonchev–Trinajstić information content (AvgIpc) is 2.78. The van der Waals surface area contributed by atoms with Gasteiger partial charge in [0, 0.05) is 19.6 Å². The number of nitrogens with one attached hydrogen (secondary N) is 1. The van der Waals surface area contributed by atoms with E-state index in [0.29, 0.717) is 23.6 Å². The fourth-order valence-corrected chi connectivity index (χ4v) is 3.31. The molecule has 2 aliphatic heterocycles. The molecule has 2 amide bonds. The predicted octanol–water partition coefficient (Wildman–Crippen LogP) is 1.64. The molecule has 1 N–H and O–H groups in total. The lowest BCUT2D eigenvalue weighted by Crippen LogP contribution is -2.40. The third-order valence-corrected chi connectivity index (χ3v) is 4.61. The lowest BCUT2D eigenvalue weighted by Gasteiger charge is -2.28. The summed E-state index contributed by atoms with van der Waals surface area (Å²) in [5.41, 5.74) is 1.07. The molecule has 5 nitrogen and oxygen atoms in total. The van der Waals surface area contributed by atoms with E-state index in [1.54, 1.807) is 24.3 Å². The number of carbonyl (C=O) groups excluding carboxylic acids is 2. The van der Waals surface area contributed by atoms with Crippen LogP contribution in [0.2, 0.25) is 0 Å². The third kappa shape index (κ3) is 3.91. The summed E-state index contributed by atoms with van der Waals surface area (Å²) >= 11 is 0. The van der Waals surface area contributed by atoms with Crippen molar-refractivity contribution >= 4 is 24.2 Å². The molecule has 0 radical (unpaired) electrons. The minimum absolute atomic E-state index is 0. The van der Waals surface area contributed by atoms with Gasteiger partial charge in [0.15, 0.2) is 0 Å². The molecule has 0 spiro atoms. The van der Waals surface area contributed by atoms with Crippen molar-refractivity contribution in [3.8, 4) is 0 Å². The number of rotatable bonds is 5. The number of hydrogen-bond acceptors (Lipinski definition) is 4. The number of halogens is 1. The SMILES string of the molecule is CN(CCN1C(=O)c2ccccc2C1=O)CC1CCNCC1.Cl. The highest BCUT2D eigenvalue weighted by Crippen LogP contribution is 2.22. The van der Waals surface area contributed by atoms with Crippen LogP contribution in [0.3, 0.4) is 0 Å². The Balaban J connectivity index is 0.00000192. The van der Waals surface area contributed by atoms with Gasteiger partial charge >= 0.3 is 0 Å². The number of hydrogen-bond donors (Lipinski definition) is 1. The number of amides is 2. The molecule has 0 aromatic heterocycles. The van der Waals surface area contributed by atoms with Crippen molar-refractivity contribution in [3.05, 3.63) is 35.4 Å². The molecule has 1 fully saturated rings. The first kappa shape index (κ1) is 17.9. The topological polar surface area (TPSA) is 52.7 Å². The molecule has 1 aromatic carbocycles. The largest absolute Gasteiger partial charge is 0.317 e. The normalized spacial score (nSPS) is 18.3. The van der Waals surface area contributed by atoms with E-state index in [4.69, 9.17) is 0 Å². The van der Waals surface area contributed by atoms with Crippen LogP contribution in [0.4, 0.5) is 0 Å². The van der Waals surface area contributed by atoms with Crippen LogP contribution in [-0.4, -0.2) is 61.4 Å². The van der Waals surface area contributed by atoms with Crippen LogP contribution in [0.25, 0.3) is 0 Å². The second-order valence-electron chi connectivity index (χ2n) is 6.26. The number of benzene rings is 1. The van der Waals surface area contributed by atoms with Crippen LogP contribution in [0.15, 0.2) is 24.3 Å². The Labute approximate surface area is 143 Å². The number of carbonyl (C=O) groups is 2. The van der Waals surface area contributed by atoms with Crippen molar-refractivity contribution in [2.75, 3.05) is 39.8 Å². The maximum Gasteiger partial charge on any atom is 0.261 e. The first-order valence-corrected chi connectivity index (χ1v) is 8.01. The molecule has 2 aliphatic rings. The molecular weight excluding hydrogens is 314 g/mol. The van der Waals surface area contributed by atoms with E-state index in [0.717, 1.165) is 26.2 Å². The molecule has 1 saturated heterocycles. The van der Waals surface area contributed by atoms with Gasteiger partial charge in [0.05, 0.1) is 11.1 Å². The highest BCUT2D eigenvalue weighted by molar-refractivity contribution is 6.21. The lowest BCUT2D eigenvalue weighted by atomic mass is 9.98. The second-order valence-corrected chi connectivity index (χ2v) is 6.26. The van der Waals surface area contributed by atoms with Crippen LogP contribution in [0.1, 0.15) is 33.6 Å². The fourth-order valence-electron chi connectivity index (χ4n) is 3.31. The molecule has 23 heavy (non-hydrogen) atoms. The number of piperidine rings is 1. The van der Waals surface area contributed by atoms with E-state index in [1.165, 1.54) is 17.7 Å². The summed E-state index contributed by atoms with van der Waals surface area (Å²) in [6, 6.07) is 7.07. The van der Waals surface area contributed by atoms with Crippen molar-refractivity contribution in [2.24, 2.45) is 5.92 Å². The maximum absolute atomic E-state index is 12.3. The number of imide groups is 1. The van der Waals surface area contributed by atoms with Gasteiger partial charge in [-0.25, -0.2) is 0 Å². The number of likely N-dealkylation sites (N-methyl/N-ethyl adjacent to an activating group) is 1. The van der Waals surface area contributed by atoms with Crippen LogP contribution in [0.5, 0.6) is 0 Å². The first-order chi connectivity index (χ1) is 10.7. The summed E-state index contributed by atoms with van der Waals surface area (Å²) in [7, 11) is 2.07. The minimum atomic E-state index is -0.157. The zero-order valence-corrected chi connectivity index (χ0v) is 14.3. The molecule has 1 aromatic rings. The van der Waals surface area contributed by atoms with Gasteiger partial charge in [0.25, 0.3) is 11.8 Å². The monoisotopic (exact) mass is 337 g/mol. The zero-order valence-electron chi connectivity index (χ0n) is 13.5. The van der Waals surface area contributed by atoms with Gasteiger partial charge in [-0.15, -0.1) is 12.4 Å². The predicted molar refractivity (Wildman–Crippen MR) is 92.1 cm³/mol. The third-order valence-electron chi connectivity index (χ3n) is 4.61. The van der Waals surface area contributed by atoms with Crippen LogP contribution < -0.4 is 5.32 Å². The highest BCUT2D eigenvalue weighted by atomic mass is 35.5. The Morgan fingerprint density at radius 3 is 2.26 bits per heavy atom. The van der Waals surface area contributed by atoms with E-state index in [1.807, 2.05) is 0 Å². The fraction of sp³-hybridized carbons (Fsp3) is 0.529. The Hall–Kier alpha value is -1.43. The summed E-state index contributed by atoms with van der Waals surface area (Å²) in [4.78, 5) is 28.2. The Bertz CT molecular complexity index is 538. The highest BCUT2D eigenvalue weighted by Gasteiger charge is 2.34. The molecule has 0 atom stereocenters. The Kier molecular flexibility index (Phi) is 6.16. The smallest absolute Gasteiger partial charge is 0.261 e. The summed E-state index contributed by atoms with van der Waals surface area (Å²) in [6.07, 6.45) is 2.41. The van der Waals surface area contributed by atoms with E-state index in [9.17, 15) is 9.59 Å². The maximum atomic E-state index is 12.3. The van der Waals surface area contributed by atoms with Crippen molar-refractivity contribution in [1.29, 1.82) is 0 Å². The van der Waals surface area contributed by atoms with Gasteiger partial charge in [-0.1, -0.05) is 12.1 Å². The van der Waals surface area contributed by atoms with Crippen molar-refractivity contribution in [1.82, 2.24) is 15.1 Å². The van der Waals surface area contributed by atoms with Crippen LogP contribution >= 0.6 is 12.4 Å². The first-order valence-electron chi connectivity index (χ1n) is 8.01. The van der Waals surface area contributed by atoms with Gasteiger partial charge in [-0.3, -0.25) is 14.5 Å². The van der Waals surface area contributed by atoms with Crippen molar-refractivity contribution in [3.63, 3.8) is 0 Å². The van der Waals surface area contributed by atoms with Crippen LogP contribution in [-0.2, 0) is 0 Å². The lowest BCUT2D eigenvalue weighted by molar-refractivity contribution is 0.0637. The van der Waals surface area contributed by atoms with E-state index in [2.05, 4.69) is 17.3 Å². The molecule has 0 bridgehead atoms. The molecule has 0 aliphatic carbocycles. The molecule has 126 valence electrons.